The number of aliphatic hydroxyl groups excluding tert-OH is 1. The third kappa shape index (κ3) is 9.54. The number of aliphatic hydroxyl groups is 1. The fraction of sp³-hybridized carbons (Fsp3) is 0.290. The van der Waals surface area contributed by atoms with E-state index >= 15 is 0 Å². The van der Waals surface area contributed by atoms with Gasteiger partial charge < -0.3 is 30.5 Å². The average Bonchev–Trinajstić information content (AvgIpc) is 2.98. The highest BCUT2D eigenvalue weighted by molar-refractivity contribution is 5.93. The molecule has 0 spiro atoms. The lowest BCUT2D eigenvalue weighted by Gasteiger charge is -2.29. The Hall–Kier alpha value is -4.57. The largest absolute Gasteiger partial charge is 0.508 e. The topological polar surface area (TPSA) is 136 Å². The Balaban J connectivity index is 1.68. The summed E-state index contributed by atoms with van der Waals surface area (Å²) < 4.78 is 13.2. The lowest BCUT2D eigenvalue weighted by atomic mass is 10.0. The number of benzene rings is 3. The number of halogens is 1. The van der Waals surface area contributed by atoms with Crippen LogP contribution in [0.4, 0.5) is 4.39 Å². The van der Waals surface area contributed by atoms with E-state index in [1.54, 1.807) is 48.5 Å². The molecule has 4 N–H and O–H groups in total. The first kappa shape index (κ1) is 31.0. The van der Waals surface area contributed by atoms with Crippen LogP contribution in [0.1, 0.15) is 23.1 Å². The van der Waals surface area contributed by atoms with Gasteiger partial charge in [0.25, 0.3) is 0 Å². The van der Waals surface area contributed by atoms with E-state index < -0.39 is 42.5 Å². The Bertz CT molecular complexity index is 1300. The highest BCUT2D eigenvalue weighted by Gasteiger charge is 2.31. The van der Waals surface area contributed by atoms with Crippen molar-refractivity contribution in [2.45, 2.75) is 43.8 Å². The van der Waals surface area contributed by atoms with Crippen molar-refractivity contribution in [3.8, 4) is 5.75 Å². The summed E-state index contributed by atoms with van der Waals surface area (Å²) in [6.45, 7) is -0.726. The Kier molecular flexibility index (Phi) is 11.5. The monoisotopic (exact) mass is 563 g/mol. The minimum Gasteiger partial charge on any atom is -0.508 e. The molecule has 0 aliphatic rings. The predicted molar refractivity (Wildman–Crippen MR) is 150 cm³/mol. The quantitative estimate of drug-likeness (QED) is 0.222. The standard InChI is InChI=1S/C31H34FN3O6/c1-35(25(19-36)17-23-9-14-26(38)15-10-23)31(41)28(20-37)34-30(40)27(18-22-5-3-2-4-6-22)33-29(39)16-11-21-7-12-24(32)13-8-21/h2-10,12-15,19,25,27-28,37-38H,11,16-18,20H2,1H3,(H,33,39)(H,34,40)/t25-,27+,28-/m0/s1. The Morgan fingerprint density at radius 2 is 1.46 bits per heavy atom. The highest BCUT2D eigenvalue weighted by Crippen LogP contribution is 2.14. The van der Waals surface area contributed by atoms with Crippen molar-refractivity contribution in [3.05, 3.63) is 101 Å². The SMILES string of the molecule is CN(C(=O)[C@H](CO)NC(=O)[C@@H](Cc1ccccc1)NC(=O)CCc1ccc(F)cc1)[C@H](C=O)Cc1ccc(O)cc1. The molecule has 0 aliphatic carbocycles. The van der Waals surface area contributed by atoms with E-state index in [-0.39, 0.29) is 30.8 Å². The zero-order chi connectivity index (χ0) is 29.8. The second kappa shape index (κ2) is 15.3. The van der Waals surface area contributed by atoms with Crippen molar-refractivity contribution >= 4 is 24.0 Å². The van der Waals surface area contributed by atoms with E-state index in [9.17, 15) is 33.8 Å². The molecule has 0 aromatic heterocycles. The molecule has 0 saturated carbocycles. The van der Waals surface area contributed by atoms with Gasteiger partial charge in [-0.1, -0.05) is 54.6 Å². The third-order valence-electron chi connectivity index (χ3n) is 6.67. The van der Waals surface area contributed by atoms with E-state index in [4.69, 9.17) is 0 Å². The van der Waals surface area contributed by atoms with Crippen molar-refractivity contribution < 1.29 is 33.8 Å². The Morgan fingerprint density at radius 3 is 2.07 bits per heavy atom. The number of amides is 3. The van der Waals surface area contributed by atoms with Crippen LogP contribution >= 0.6 is 0 Å². The number of phenols is 1. The smallest absolute Gasteiger partial charge is 0.247 e. The minimum absolute atomic E-state index is 0.0492. The maximum Gasteiger partial charge on any atom is 0.247 e. The molecule has 216 valence electrons. The summed E-state index contributed by atoms with van der Waals surface area (Å²) in [4.78, 5) is 52.2. The van der Waals surface area contributed by atoms with Crippen molar-refractivity contribution in [3.63, 3.8) is 0 Å². The third-order valence-corrected chi connectivity index (χ3v) is 6.67. The molecule has 3 atom stereocenters. The molecule has 3 amide bonds. The van der Waals surface area contributed by atoms with Gasteiger partial charge in [-0.05, 0) is 53.8 Å². The number of carbonyl (C=O) groups excluding carboxylic acids is 4. The van der Waals surface area contributed by atoms with Gasteiger partial charge >= 0.3 is 0 Å². The van der Waals surface area contributed by atoms with Gasteiger partial charge in [0.1, 0.15) is 29.9 Å². The summed E-state index contributed by atoms with van der Waals surface area (Å²) in [5.74, 6) is -2.08. The summed E-state index contributed by atoms with van der Waals surface area (Å²) in [5, 5.41) is 24.7. The predicted octanol–water partition coefficient (Wildman–Crippen LogP) is 1.94. The second-order valence-corrected chi connectivity index (χ2v) is 9.70. The number of rotatable bonds is 14. The number of aryl methyl sites for hydroxylation is 1. The molecule has 41 heavy (non-hydrogen) atoms. The van der Waals surface area contributed by atoms with Gasteiger partial charge in [0.15, 0.2) is 0 Å². The van der Waals surface area contributed by atoms with E-state index in [1.807, 2.05) is 6.07 Å². The van der Waals surface area contributed by atoms with Crippen molar-refractivity contribution in [1.29, 1.82) is 0 Å². The lowest BCUT2D eigenvalue weighted by molar-refractivity contribution is -0.140. The van der Waals surface area contributed by atoms with E-state index in [1.165, 1.54) is 31.3 Å². The number of carbonyl (C=O) groups is 4. The molecular weight excluding hydrogens is 529 g/mol. The molecule has 10 heteroatoms. The molecule has 0 bridgehead atoms. The van der Waals surface area contributed by atoms with Gasteiger partial charge in [0.2, 0.25) is 17.7 Å². The van der Waals surface area contributed by atoms with Crippen LogP contribution in [0.5, 0.6) is 5.75 Å². The minimum atomic E-state index is -1.36. The molecular formula is C31H34FN3O6. The first-order valence-electron chi connectivity index (χ1n) is 13.2. The van der Waals surface area contributed by atoms with Crippen LogP contribution in [0.2, 0.25) is 0 Å². The molecule has 9 nitrogen and oxygen atoms in total. The van der Waals surface area contributed by atoms with Crippen LogP contribution in [0.3, 0.4) is 0 Å². The number of hydrogen-bond acceptors (Lipinski definition) is 6. The van der Waals surface area contributed by atoms with Crippen LogP contribution < -0.4 is 10.6 Å². The number of aromatic hydroxyl groups is 1. The van der Waals surface area contributed by atoms with Gasteiger partial charge in [-0.3, -0.25) is 14.4 Å². The fourth-order valence-electron chi connectivity index (χ4n) is 4.25. The number of aldehydes is 1. The lowest BCUT2D eigenvalue weighted by Crippen LogP contribution is -2.57. The Morgan fingerprint density at radius 1 is 0.854 bits per heavy atom. The highest BCUT2D eigenvalue weighted by atomic mass is 19.1. The fourth-order valence-corrected chi connectivity index (χ4v) is 4.25. The van der Waals surface area contributed by atoms with Crippen molar-refractivity contribution in [1.82, 2.24) is 15.5 Å². The Labute approximate surface area is 238 Å². The number of nitrogens with one attached hydrogen (secondary N) is 2. The second-order valence-electron chi connectivity index (χ2n) is 9.70. The van der Waals surface area contributed by atoms with Crippen LogP contribution in [-0.4, -0.2) is 70.9 Å². The van der Waals surface area contributed by atoms with Gasteiger partial charge in [0.05, 0.1) is 12.6 Å². The molecule has 3 aromatic carbocycles. The van der Waals surface area contributed by atoms with Gasteiger partial charge in [-0.25, -0.2) is 4.39 Å². The number of likely N-dealkylation sites (N-methyl/N-ethyl adjacent to an activating group) is 1. The van der Waals surface area contributed by atoms with Gasteiger partial charge in [-0.2, -0.15) is 0 Å². The summed E-state index contributed by atoms with van der Waals surface area (Å²) >= 11 is 0. The van der Waals surface area contributed by atoms with Crippen LogP contribution in [0, 0.1) is 5.82 Å². The zero-order valence-corrected chi connectivity index (χ0v) is 22.7. The maximum atomic E-state index is 13.3. The molecule has 0 unspecified atom stereocenters. The normalized spacial score (nSPS) is 13.0. The summed E-state index contributed by atoms with van der Waals surface area (Å²) in [6, 6.07) is 17.7. The molecule has 0 radical (unpaired) electrons. The first-order chi connectivity index (χ1) is 19.7. The van der Waals surface area contributed by atoms with Gasteiger partial charge in [-0.15, -0.1) is 0 Å². The number of hydrogen-bond donors (Lipinski definition) is 4. The summed E-state index contributed by atoms with van der Waals surface area (Å²) in [6.07, 6.45) is 1.28. The van der Waals surface area contributed by atoms with Crippen LogP contribution in [0.25, 0.3) is 0 Å². The molecule has 3 aromatic rings. The number of phenolic OH excluding ortho intramolecular Hbond substituents is 1. The number of nitrogens with zero attached hydrogens (tertiary/aromatic N) is 1. The molecule has 0 saturated heterocycles. The zero-order valence-electron chi connectivity index (χ0n) is 22.7. The molecule has 0 aliphatic heterocycles. The first-order valence-corrected chi connectivity index (χ1v) is 13.2. The van der Waals surface area contributed by atoms with E-state index in [0.29, 0.717) is 18.3 Å². The molecule has 0 fully saturated rings. The summed E-state index contributed by atoms with van der Waals surface area (Å²) in [7, 11) is 1.40. The van der Waals surface area contributed by atoms with E-state index in [0.717, 1.165) is 16.0 Å². The van der Waals surface area contributed by atoms with Crippen molar-refractivity contribution in [2.24, 2.45) is 0 Å². The van der Waals surface area contributed by atoms with E-state index in [2.05, 4.69) is 10.6 Å². The maximum absolute atomic E-state index is 13.3. The molecule has 3 rings (SSSR count). The average molecular weight is 564 g/mol. The van der Waals surface area contributed by atoms with Gasteiger partial charge in [0, 0.05) is 19.9 Å². The molecule has 0 heterocycles. The van der Waals surface area contributed by atoms with Crippen LogP contribution in [-0.2, 0) is 38.4 Å². The van der Waals surface area contributed by atoms with Crippen molar-refractivity contribution in [2.75, 3.05) is 13.7 Å². The van der Waals surface area contributed by atoms with Crippen LogP contribution in [0.15, 0.2) is 78.9 Å². The summed E-state index contributed by atoms with van der Waals surface area (Å²) in [5.41, 5.74) is 2.23.